The minimum absolute atomic E-state index is 0.153. The van der Waals surface area contributed by atoms with E-state index in [-0.39, 0.29) is 5.56 Å². The van der Waals surface area contributed by atoms with Gasteiger partial charge in [-0.25, -0.2) is 4.79 Å². The Morgan fingerprint density at radius 2 is 2.31 bits per heavy atom. The van der Waals surface area contributed by atoms with Crippen molar-refractivity contribution in [2.24, 2.45) is 0 Å². The molecular weight excluding hydrogens is 206 g/mol. The summed E-state index contributed by atoms with van der Waals surface area (Å²) >= 11 is 0. The summed E-state index contributed by atoms with van der Waals surface area (Å²) in [5.41, 5.74) is 6.66. The molecule has 84 valence electrons. The van der Waals surface area contributed by atoms with Crippen molar-refractivity contribution in [2.45, 2.75) is 6.42 Å². The Labute approximate surface area is 93.7 Å². The smallest absolute Gasteiger partial charge is 0.337 e. The molecule has 0 spiro atoms. The molecule has 1 aromatic carbocycles. The van der Waals surface area contributed by atoms with E-state index in [0.29, 0.717) is 24.3 Å². The van der Waals surface area contributed by atoms with Crippen LogP contribution in [0.3, 0.4) is 0 Å². The Hall–Kier alpha value is -2.22. The largest absolute Gasteiger partial charge is 0.478 e. The predicted octanol–water partition coefficient (Wildman–Crippen LogP) is 1.32. The number of rotatable bonds is 4. The summed E-state index contributed by atoms with van der Waals surface area (Å²) in [7, 11) is 1.75. The van der Waals surface area contributed by atoms with Crippen molar-refractivity contribution in [2.75, 3.05) is 24.2 Å². The van der Waals surface area contributed by atoms with Crippen molar-refractivity contribution in [3.05, 3.63) is 23.8 Å². The minimum atomic E-state index is -1.02. The monoisotopic (exact) mass is 219 g/mol. The van der Waals surface area contributed by atoms with Crippen LogP contribution in [0.25, 0.3) is 0 Å². The van der Waals surface area contributed by atoms with Crippen LogP contribution >= 0.6 is 0 Å². The molecule has 1 aromatic rings. The number of aromatic carboxylic acids is 1. The van der Waals surface area contributed by atoms with Crippen LogP contribution in [0.2, 0.25) is 0 Å². The van der Waals surface area contributed by atoms with Gasteiger partial charge in [-0.3, -0.25) is 0 Å². The van der Waals surface area contributed by atoms with Crippen molar-refractivity contribution in [3.63, 3.8) is 0 Å². The zero-order valence-corrected chi connectivity index (χ0v) is 8.97. The van der Waals surface area contributed by atoms with Crippen molar-refractivity contribution < 1.29 is 9.90 Å². The zero-order valence-electron chi connectivity index (χ0n) is 8.97. The van der Waals surface area contributed by atoms with Gasteiger partial charge < -0.3 is 15.7 Å². The van der Waals surface area contributed by atoms with E-state index in [9.17, 15) is 4.79 Å². The standard InChI is InChI=1S/C11H13N3O2/c1-14(6-2-5-12)10-4-3-8(13)7-9(10)11(15)16/h3-4,7H,2,6,13H2,1H3,(H,15,16). The van der Waals surface area contributed by atoms with Crippen LogP contribution in [0.4, 0.5) is 11.4 Å². The first-order valence-electron chi connectivity index (χ1n) is 4.77. The maximum absolute atomic E-state index is 11.0. The Morgan fingerprint density at radius 1 is 1.62 bits per heavy atom. The Morgan fingerprint density at radius 3 is 2.88 bits per heavy atom. The van der Waals surface area contributed by atoms with Crippen LogP contribution in [-0.4, -0.2) is 24.7 Å². The Kier molecular flexibility index (Phi) is 3.72. The average Bonchev–Trinajstić information content (AvgIpc) is 2.25. The molecule has 0 aliphatic rings. The van der Waals surface area contributed by atoms with E-state index in [0.717, 1.165) is 0 Å². The number of carbonyl (C=O) groups is 1. The lowest BCUT2D eigenvalue weighted by atomic mass is 10.1. The fourth-order valence-electron chi connectivity index (χ4n) is 1.40. The van der Waals surface area contributed by atoms with Gasteiger partial charge in [-0.2, -0.15) is 5.26 Å². The van der Waals surface area contributed by atoms with Gasteiger partial charge in [-0.1, -0.05) is 0 Å². The summed E-state index contributed by atoms with van der Waals surface area (Å²) in [6.45, 7) is 0.487. The minimum Gasteiger partial charge on any atom is -0.478 e. The maximum Gasteiger partial charge on any atom is 0.337 e. The lowest BCUT2D eigenvalue weighted by Gasteiger charge is -2.20. The SMILES string of the molecule is CN(CCC#N)c1ccc(N)cc1C(=O)O. The average molecular weight is 219 g/mol. The van der Waals surface area contributed by atoms with Gasteiger partial charge in [0.15, 0.2) is 0 Å². The number of carboxylic acid groups (broad SMARTS) is 1. The van der Waals surface area contributed by atoms with Gasteiger partial charge in [0.2, 0.25) is 0 Å². The first-order chi connectivity index (χ1) is 7.56. The summed E-state index contributed by atoms with van der Waals surface area (Å²) in [6, 6.07) is 6.72. The molecule has 0 amide bonds. The molecule has 1 rings (SSSR count). The zero-order chi connectivity index (χ0) is 12.1. The van der Waals surface area contributed by atoms with E-state index in [1.807, 2.05) is 6.07 Å². The summed E-state index contributed by atoms with van der Waals surface area (Å²) in [5.74, 6) is -1.02. The molecule has 3 N–H and O–H groups in total. The first kappa shape index (κ1) is 11.9. The highest BCUT2D eigenvalue weighted by Gasteiger charge is 2.13. The molecule has 0 aliphatic carbocycles. The number of nitrogens with zero attached hydrogens (tertiary/aromatic N) is 2. The van der Waals surface area contributed by atoms with Crippen molar-refractivity contribution in [1.29, 1.82) is 5.26 Å². The molecule has 0 unspecified atom stereocenters. The molecule has 0 fully saturated rings. The molecule has 5 nitrogen and oxygen atoms in total. The second-order valence-electron chi connectivity index (χ2n) is 3.41. The molecular formula is C11H13N3O2. The van der Waals surface area contributed by atoms with Gasteiger partial charge in [0.1, 0.15) is 0 Å². The summed E-state index contributed by atoms with van der Waals surface area (Å²) < 4.78 is 0. The third-order valence-corrected chi connectivity index (χ3v) is 2.22. The van der Waals surface area contributed by atoms with Crippen LogP contribution in [0.1, 0.15) is 16.8 Å². The molecule has 0 aromatic heterocycles. The molecule has 16 heavy (non-hydrogen) atoms. The lowest BCUT2D eigenvalue weighted by Crippen LogP contribution is -2.21. The van der Waals surface area contributed by atoms with Gasteiger partial charge in [-0.15, -0.1) is 0 Å². The number of nitrogen functional groups attached to an aromatic ring is 1. The highest BCUT2D eigenvalue weighted by Crippen LogP contribution is 2.22. The van der Waals surface area contributed by atoms with Crippen LogP contribution in [-0.2, 0) is 0 Å². The molecule has 0 atom stereocenters. The summed E-state index contributed by atoms with van der Waals surface area (Å²) in [6.07, 6.45) is 0.347. The maximum atomic E-state index is 11.0. The van der Waals surface area contributed by atoms with Gasteiger partial charge in [0, 0.05) is 19.3 Å². The van der Waals surface area contributed by atoms with Crippen molar-refractivity contribution >= 4 is 17.3 Å². The van der Waals surface area contributed by atoms with Gasteiger partial charge >= 0.3 is 5.97 Å². The van der Waals surface area contributed by atoms with Gasteiger partial charge in [0.25, 0.3) is 0 Å². The molecule has 0 aliphatic heterocycles. The van der Waals surface area contributed by atoms with Crippen molar-refractivity contribution in [3.8, 4) is 6.07 Å². The van der Waals surface area contributed by atoms with Crippen molar-refractivity contribution in [1.82, 2.24) is 0 Å². The number of benzene rings is 1. The second-order valence-corrected chi connectivity index (χ2v) is 3.41. The normalized spacial score (nSPS) is 9.50. The predicted molar refractivity (Wildman–Crippen MR) is 61.3 cm³/mol. The van der Waals surface area contributed by atoms with Crippen LogP contribution < -0.4 is 10.6 Å². The molecule has 0 heterocycles. The third kappa shape index (κ3) is 2.64. The van der Waals surface area contributed by atoms with Crippen LogP contribution in [0.15, 0.2) is 18.2 Å². The number of nitriles is 1. The number of hydrogen-bond donors (Lipinski definition) is 2. The molecule has 0 saturated heterocycles. The molecule has 0 saturated carbocycles. The number of hydrogen-bond acceptors (Lipinski definition) is 4. The second kappa shape index (κ2) is 5.03. The topological polar surface area (TPSA) is 90.4 Å². The summed E-state index contributed by atoms with van der Waals surface area (Å²) in [5, 5.41) is 17.5. The summed E-state index contributed by atoms with van der Waals surface area (Å²) in [4.78, 5) is 12.7. The van der Waals surface area contributed by atoms with E-state index >= 15 is 0 Å². The highest BCUT2D eigenvalue weighted by molar-refractivity contribution is 5.95. The number of anilines is 2. The third-order valence-electron chi connectivity index (χ3n) is 2.22. The van der Waals surface area contributed by atoms with E-state index < -0.39 is 5.97 Å². The lowest BCUT2D eigenvalue weighted by molar-refractivity contribution is 0.0697. The highest BCUT2D eigenvalue weighted by atomic mass is 16.4. The first-order valence-corrected chi connectivity index (χ1v) is 4.77. The van der Waals surface area contributed by atoms with E-state index in [2.05, 4.69) is 0 Å². The molecule has 0 bridgehead atoms. The Balaban J connectivity index is 3.03. The van der Waals surface area contributed by atoms with Gasteiger partial charge in [0.05, 0.1) is 23.7 Å². The van der Waals surface area contributed by atoms with Crippen LogP contribution in [0.5, 0.6) is 0 Å². The fraction of sp³-hybridized carbons (Fsp3) is 0.273. The van der Waals surface area contributed by atoms with Gasteiger partial charge in [-0.05, 0) is 18.2 Å². The molecule has 5 heteroatoms. The quantitative estimate of drug-likeness (QED) is 0.745. The van der Waals surface area contributed by atoms with E-state index in [1.54, 1.807) is 24.1 Å². The number of carboxylic acids is 1. The Bertz CT molecular complexity index is 437. The number of nitrogens with two attached hydrogens (primary N) is 1. The molecule has 0 radical (unpaired) electrons. The van der Waals surface area contributed by atoms with E-state index in [1.165, 1.54) is 6.07 Å². The fourth-order valence-corrected chi connectivity index (χ4v) is 1.40. The van der Waals surface area contributed by atoms with E-state index in [4.69, 9.17) is 16.1 Å². The van der Waals surface area contributed by atoms with Crippen LogP contribution in [0, 0.1) is 11.3 Å².